The first kappa shape index (κ1) is 15.6. The van der Waals surface area contributed by atoms with Crippen LogP contribution in [0.15, 0.2) is 33.5 Å². The first-order chi connectivity index (χ1) is 10.6. The Labute approximate surface area is 138 Å². The fourth-order valence-electron chi connectivity index (χ4n) is 2.65. The number of nitrogens with zero attached hydrogens (tertiary/aromatic N) is 2. The third-order valence-electron chi connectivity index (χ3n) is 3.91. The Hall–Kier alpha value is -1.24. The molecule has 0 aromatic carbocycles. The second-order valence-corrected chi connectivity index (χ2v) is 6.35. The van der Waals surface area contributed by atoms with Gasteiger partial charge in [-0.25, -0.2) is 0 Å². The molecule has 2 aromatic rings. The summed E-state index contributed by atoms with van der Waals surface area (Å²) in [4.78, 5) is 4.68. The second-order valence-electron chi connectivity index (χ2n) is 5.49. The van der Waals surface area contributed by atoms with E-state index in [2.05, 4.69) is 26.1 Å². The SMILES string of the molecule is Cc1nc(C2CCCOC2OC(C)c2ccon2)ccc1Br. The molecule has 1 saturated heterocycles. The monoisotopic (exact) mass is 366 g/mol. The maximum atomic E-state index is 6.08. The average molecular weight is 367 g/mol. The minimum absolute atomic E-state index is 0.134. The molecule has 2 aromatic heterocycles. The van der Waals surface area contributed by atoms with Gasteiger partial charge in [-0.1, -0.05) is 5.16 Å². The zero-order chi connectivity index (χ0) is 15.5. The fraction of sp³-hybridized carbons (Fsp3) is 0.500. The molecule has 22 heavy (non-hydrogen) atoms. The molecule has 0 N–H and O–H groups in total. The van der Waals surface area contributed by atoms with Gasteiger partial charge in [-0.15, -0.1) is 0 Å². The Balaban J connectivity index is 1.77. The number of rotatable bonds is 4. The number of hydrogen-bond acceptors (Lipinski definition) is 5. The van der Waals surface area contributed by atoms with Gasteiger partial charge in [0.05, 0.1) is 11.6 Å². The predicted octanol–water partition coefficient (Wildman–Crippen LogP) is 4.14. The van der Waals surface area contributed by atoms with E-state index in [1.165, 1.54) is 0 Å². The van der Waals surface area contributed by atoms with Gasteiger partial charge in [-0.05, 0) is 54.8 Å². The molecule has 3 rings (SSSR count). The van der Waals surface area contributed by atoms with Crippen molar-refractivity contribution in [2.45, 2.75) is 45.0 Å². The highest BCUT2D eigenvalue weighted by Crippen LogP contribution is 2.34. The lowest BCUT2D eigenvalue weighted by Gasteiger charge is -2.32. The van der Waals surface area contributed by atoms with Crippen molar-refractivity contribution in [2.75, 3.05) is 6.61 Å². The van der Waals surface area contributed by atoms with E-state index in [-0.39, 0.29) is 18.3 Å². The molecule has 1 fully saturated rings. The number of aryl methyl sites for hydroxylation is 1. The molecular formula is C16H19BrN2O3. The van der Waals surface area contributed by atoms with Gasteiger partial charge in [0.25, 0.3) is 0 Å². The smallest absolute Gasteiger partial charge is 0.166 e. The Morgan fingerprint density at radius 1 is 1.36 bits per heavy atom. The van der Waals surface area contributed by atoms with Crippen LogP contribution >= 0.6 is 15.9 Å². The van der Waals surface area contributed by atoms with Crippen molar-refractivity contribution in [3.63, 3.8) is 0 Å². The minimum atomic E-state index is -0.312. The third kappa shape index (κ3) is 3.39. The van der Waals surface area contributed by atoms with Gasteiger partial charge in [0, 0.05) is 22.8 Å². The van der Waals surface area contributed by atoms with Crippen molar-refractivity contribution >= 4 is 15.9 Å². The number of pyridine rings is 1. The molecule has 0 radical (unpaired) electrons. The van der Waals surface area contributed by atoms with Crippen molar-refractivity contribution < 1.29 is 14.0 Å². The van der Waals surface area contributed by atoms with E-state index in [0.29, 0.717) is 6.61 Å². The molecule has 6 heteroatoms. The molecule has 0 aliphatic carbocycles. The topological polar surface area (TPSA) is 57.4 Å². The Kier molecular flexibility index (Phi) is 4.90. The number of hydrogen-bond donors (Lipinski definition) is 0. The van der Waals surface area contributed by atoms with Gasteiger partial charge in [-0.2, -0.15) is 0 Å². The van der Waals surface area contributed by atoms with Crippen molar-refractivity contribution in [1.82, 2.24) is 10.1 Å². The minimum Gasteiger partial charge on any atom is -0.364 e. The van der Waals surface area contributed by atoms with Crippen LogP contribution in [0.1, 0.15) is 48.9 Å². The van der Waals surface area contributed by atoms with Crippen LogP contribution in [0.25, 0.3) is 0 Å². The van der Waals surface area contributed by atoms with E-state index in [4.69, 9.17) is 14.0 Å². The summed E-state index contributed by atoms with van der Waals surface area (Å²) in [6, 6.07) is 5.88. The number of halogens is 1. The highest BCUT2D eigenvalue weighted by atomic mass is 79.9. The van der Waals surface area contributed by atoms with Gasteiger partial charge < -0.3 is 14.0 Å². The largest absolute Gasteiger partial charge is 0.364 e. The van der Waals surface area contributed by atoms with E-state index >= 15 is 0 Å². The summed E-state index contributed by atoms with van der Waals surface area (Å²) in [6.07, 6.45) is 3.08. The molecule has 3 heterocycles. The summed E-state index contributed by atoms with van der Waals surface area (Å²) in [6.45, 7) is 4.65. The van der Waals surface area contributed by atoms with Crippen molar-refractivity contribution in [3.8, 4) is 0 Å². The molecule has 118 valence electrons. The highest BCUT2D eigenvalue weighted by Gasteiger charge is 2.31. The van der Waals surface area contributed by atoms with Crippen LogP contribution in [0.4, 0.5) is 0 Å². The molecule has 3 unspecified atom stereocenters. The summed E-state index contributed by atoms with van der Waals surface area (Å²) >= 11 is 3.49. The zero-order valence-electron chi connectivity index (χ0n) is 12.7. The van der Waals surface area contributed by atoms with Crippen molar-refractivity contribution in [1.29, 1.82) is 0 Å². The van der Waals surface area contributed by atoms with Crippen LogP contribution in [0.5, 0.6) is 0 Å². The Morgan fingerprint density at radius 3 is 2.95 bits per heavy atom. The van der Waals surface area contributed by atoms with Gasteiger partial charge >= 0.3 is 0 Å². The lowest BCUT2D eigenvalue weighted by molar-refractivity contribution is -0.198. The maximum Gasteiger partial charge on any atom is 0.166 e. The fourth-order valence-corrected chi connectivity index (χ4v) is 2.87. The molecule has 5 nitrogen and oxygen atoms in total. The summed E-state index contributed by atoms with van der Waals surface area (Å²) in [5.74, 6) is 0.134. The average Bonchev–Trinajstić information content (AvgIpc) is 3.05. The lowest BCUT2D eigenvalue weighted by Crippen LogP contribution is -2.32. The maximum absolute atomic E-state index is 6.08. The molecule has 1 aliphatic heterocycles. The van der Waals surface area contributed by atoms with Gasteiger partial charge in [0.1, 0.15) is 18.1 Å². The Bertz CT molecular complexity index is 618. The quantitative estimate of drug-likeness (QED) is 0.813. The summed E-state index contributed by atoms with van der Waals surface area (Å²) in [5, 5.41) is 3.93. The van der Waals surface area contributed by atoms with Gasteiger partial charge in [-0.3, -0.25) is 4.98 Å². The van der Waals surface area contributed by atoms with Crippen LogP contribution in [0.3, 0.4) is 0 Å². The first-order valence-electron chi connectivity index (χ1n) is 7.45. The molecule has 0 spiro atoms. The third-order valence-corrected chi connectivity index (χ3v) is 4.74. The van der Waals surface area contributed by atoms with E-state index in [1.54, 1.807) is 6.26 Å². The van der Waals surface area contributed by atoms with E-state index in [0.717, 1.165) is 34.4 Å². The normalized spacial score (nSPS) is 23.4. The van der Waals surface area contributed by atoms with Crippen molar-refractivity contribution in [2.24, 2.45) is 0 Å². The van der Waals surface area contributed by atoms with Gasteiger partial charge in [0.2, 0.25) is 0 Å². The van der Waals surface area contributed by atoms with E-state index < -0.39 is 0 Å². The number of ether oxygens (including phenoxy) is 2. The predicted molar refractivity (Wildman–Crippen MR) is 84.4 cm³/mol. The van der Waals surface area contributed by atoms with Crippen LogP contribution in [0.2, 0.25) is 0 Å². The summed E-state index contributed by atoms with van der Waals surface area (Å²) in [7, 11) is 0. The van der Waals surface area contributed by atoms with E-state index in [9.17, 15) is 0 Å². The lowest BCUT2D eigenvalue weighted by atomic mass is 9.95. The van der Waals surface area contributed by atoms with Crippen LogP contribution in [-0.2, 0) is 9.47 Å². The number of aromatic nitrogens is 2. The molecule has 3 atom stereocenters. The molecule has 0 bridgehead atoms. The summed E-state index contributed by atoms with van der Waals surface area (Å²) in [5.41, 5.74) is 2.76. The summed E-state index contributed by atoms with van der Waals surface area (Å²) < 4.78 is 17.8. The van der Waals surface area contributed by atoms with E-state index in [1.807, 2.05) is 32.0 Å². The van der Waals surface area contributed by atoms with Crippen LogP contribution in [-0.4, -0.2) is 23.0 Å². The molecule has 1 aliphatic rings. The molecule has 0 saturated carbocycles. The molecule has 0 amide bonds. The second kappa shape index (κ2) is 6.89. The first-order valence-corrected chi connectivity index (χ1v) is 8.25. The van der Waals surface area contributed by atoms with Crippen molar-refractivity contribution in [3.05, 3.63) is 46.0 Å². The van der Waals surface area contributed by atoms with Crippen LogP contribution in [0, 0.1) is 6.92 Å². The van der Waals surface area contributed by atoms with Crippen LogP contribution < -0.4 is 0 Å². The molecular weight excluding hydrogens is 348 g/mol. The Morgan fingerprint density at radius 2 is 2.23 bits per heavy atom. The zero-order valence-corrected chi connectivity index (χ0v) is 14.2. The van der Waals surface area contributed by atoms with Gasteiger partial charge in [0.15, 0.2) is 6.29 Å². The highest BCUT2D eigenvalue weighted by molar-refractivity contribution is 9.10. The standard InChI is InChI=1S/C16H19BrN2O3/c1-10-13(17)5-6-15(18-10)12-4-3-8-20-16(12)22-11(2)14-7-9-21-19-14/h5-7,9,11-12,16H,3-4,8H2,1-2H3.